The number of rotatable bonds is 2. The molecule has 5 nitrogen and oxygen atoms in total. The van der Waals surface area contributed by atoms with Gasteiger partial charge in [-0.05, 0) is 20.3 Å². The van der Waals surface area contributed by atoms with E-state index < -0.39 is 5.54 Å². The van der Waals surface area contributed by atoms with Gasteiger partial charge in [0.25, 0.3) is 0 Å². The number of hydrogen-bond donors (Lipinski definition) is 0. The molecule has 0 bridgehead atoms. The first-order valence-corrected chi connectivity index (χ1v) is 6.57. The summed E-state index contributed by atoms with van der Waals surface area (Å²) in [6, 6.07) is 2.31. The van der Waals surface area contributed by atoms with Crippen molar-refractivity contribution in [3.8, 4) is 6.07 Å². The Hall–Kier alpha value is -1.12. The van der Waals surface area contributed by atoms with Crippen molar-refractivity contribution in [2.24, 2.45) is 5.92 Å². The van der Waals surface area contributed by atoms with Crippen LogP contribution in [0.25, 0.3) is 0 Å². The van der Waals surface area contributed by atoms with E-state index in [1.54, 1.807) is 0 Å². The van der Waals surface area contributed by atoms with Crippen LogP contribution in [0.15, 0.2) is 0 Å². The number of hydrogen-bond acceptors (Lipinski definition) is 4. The van der Waals surface area contributed by atoms with Crippen LogP contribution in [0.1, 0.15) is 20.3 Å². The van der Waals surface area contributed by atoms with Crippen molar-refractivity contribution < 1.29 is 9.53 Å². The molecule has 2 aliphatic heterocycles. The van der Waals surface area contributed by atoms with Gasteiger partial charge >= 0.3 is 0 Å². The Morgan fingerprint density at radius 3 is 2.50 bits per heavy atom. The number of piperazine rings is 1. The molecule has 1 unspecified atom stereocenters. The number of nitrogens with zero attached hydrogens (tertiary/aromatic N) is 3. The van der Waals surface area contributed by atoms with Crippen LogP contribution in [0.4, 0.5) is 0 Å². The molecule has 1 atom stereocenters. The van der Waals surface area contributed by atoms with Crippen LogP contribution in [0.2, 0.25) is 0 Å². The van der Waals surface area contributed by atoms with E-state index in [0.717, 1.165) is 32.6 Å². The normalized spacial score (nSPS) is 26.1. The van der Waals surface area contributed by atoms with Gasteiger partial charge in [0, 0.05) is 32.8 Å². The molecule has 0 aromatic carbocycles. The summed E-state index contributed by atoms with van der Waals surface area (Å²) in [5.41, 5.74) is -0.439. The van der Waals surface area contributed by atoms with Gasteiger partial charge in [0.05, 0.1) is 18.6 Å². The molecule has 2 fully saturated rings. The van der Waals surface area contributed by atoms with Crippen molar-refractivity contribution >= 4 is 5.91 Å². The molecule has 0 saturated carbocycles. The Balaban J connectivity index is 1.87. The topological polar surface area (TPSA) is 56.6 Å². The molecule has 0 radical (unpaired) electrons. The van der Waals surface area contributed by atoms with Gasteiger partial charge in [-0.3, -0.25) is 9.69 Å². The fourth-order valence-electron chi connectivity index (χ4n) is 2.54. The largest absolute Gasteiger partial charge is 0.381 e. The van der Waals surface area contributed by atoms with E-state index in [1.807, 2.05) is 18.7 Å². The first kappa shape index (κ1) is 13.3. The zero-order valence-electron chi connectivity index (χ0n) is 11.2. The minimum atomic E-state index is -0.439. The van der Waals surface area contributed by atoms with Crippen LogP contribution in [0.3, 0.4) is 0 Å². The SMILES string of the molecule is CC(C)(C#N)N1CCN(C(=O)C2CCOC2)CC1. The van der Waals surface area contributed by atoms with E-state index in [1.165, 1.54) is 0 Å². The quantitative estimate of drug-likeness (QED) is 0.716. The Kier molecular flexibility index (Phi) is 3.88. The average Bonchev–Trinajstić information content (AvgIpc) is 2.92. The van der Waals surface area contributed by atoms with Crippen molar-refractivity contribution in [1.82, 2.24) is 9.80 Å². The minimum absolute atomic E-state index is 0.0560. The van der Waals surface area contributed by atoms with Gasteiger partial charge in [0.1, 0.15) is 5.54 Å². The number of carbonyl (C=O) groups is 1. The highest BCUT2D eigenvalue weighted by atomic mass is 16.5. The lowest BCUT2D eigenvalue weighted by molar-refractivity contribution is -0.137. The zero-order chi connectivity index (χ0) is 13.2. The molecule has 2 saturated heterocycles. The standard InChI is InChI=1S/C13H21N3O2/c1-13(2,10-14)16-6-4-15(5-7-16)12(17)11-3-8-18-9-11/h11H,3-9H2,1-2H3. The van der Waals surface area contributed by atoms with Gasteiger partial charge < -0.3 is 9.64 Å². The highest BCUT2D eigenvalue weighted by molar-refractivity contribution is 5.79. The van der Waals surface area contributed by atoms with E-state index in [4.69, 9.17) is 10.00 Å². The van der Waals surface area contributed by atoms with Crippen molar-refractivity contribution in [2.75, 3.05) is 39.4 Å². The second-order valence-electron chi connectivity index (χ2n) is 5.54. The number of amides is 1. The average molecular weight is 251 g/mol. The van der Waals surface area contributed by atoms with E-state index in [9.17, 15) is 4.79 Å². The summed E-state index contributed by atoms with van der Waals surface area (Å²) in [7, 11) is 0. The van der Waals surface area contributed by atoms with Crippen LogP contribution in [0, 0.1) is 17.2 Å². The molecule has 5 heteroatoms. The van der Waals surface area contributed by atoms with Gasteiger partial charge in [-0.2, -0.15) is 5.26 Å². The first-order chi connectivity index (χ1) is 8.54. The molecule has 1 amide bonds. The van der Waals surface area contributed by atoms with Gasteiger partial charge in [0.2, 0.25) is 5.91 Å². The predicted molar refractivity (Wildman–Crippen MR) is 66.8 cm³/mol. The molecule has 0 aromatic heterocycles. The fraction of sp³-hybridized carbons (Fsp3) is 0.846. The smallest absolute Gasteiger partial charge is 0.228 e. The molecule has 2 aliphatic rings. The van der Waals surface area contributed by atoms with Crippen LogP contribution >= 0.6 is 0 Å². The van der Waals surface area contributed by atoms with E-state index in [0.29, 0.717) is 13.2 Å². The number of nitriles is 1. The van der Waals surface area contributed by atoms with Crippen LogP contribution in [0.5, 0.6) is 0 Å². The first-order valence-electron chi connectivity index (χ1n) is 6.57. The lowest BCUT2D eigenvalue weighted by Crippen LogP contribution is -2.56. The highest BCUT2D eigenvalue weighted by Gasteiger charge is 2.34. The van der Waals surface area contributed by atoms with Gasteiger partial charge in [-0.15, -0.1) is 0 Å². The maximum absolute atomic E-state index is 12.2. The second-order valence-corrected chi connectivity index (χ2v) is 5.54. The molecule has 2 rings (SSSR count). The summed E-state index contributed by atoms with van der Waals surface area (Å²) in [5, 5.41) is 9.11. The lowest BCUT2D eigenvalue weighted by Gasteiger charge is -2.41. The molecule has 0 spiro atoms. The Morgan fingerprint density at radius 1 is 1.33 bits per heavy atom. The molecule has 0 aromatic rings. The summed E-state index contributed by atoms with van der Waals surface area (Å²) < 4.78 is 5.26. The predicted octanol–water partition coefficient (Wildman–Crippen LogP) is 0.469. The third kappa shape index (κ3) is 2.65. The van der Waals surface area contributed by atoms with Crippen molar-refractivity contribution in [2.45, 2.75) is 25.8 Å². The van der Waals surface area contributed by atoms with E-state index >= 15 is 0 Å². The van der Waals surface area contributed by atoms with Gasteiger partial charge in [-0.1, -0.05) is 0 Å². The monoisotopic (exact) mass is 251 g/mol. The number of ether oxygens (including phenoxy) is 1. The third-order valence-electron chi connectivity index (χ3n) is 3.93. The maximum atomic E-state index is 12.2. The molecule has 0 aliphatic carbocycles. The molecule has 100 valence electrons. The van der Waals surface area contributed by atoms with Crippen molar-refractivity contribution in [3.63, 3.8) is 0 Å². The second kappa shape index (κ2) is 5.25. The van der Waals surface area contributed by atoms with Gasteiger partial charge in [-0.25, -0.2) is 0 Å². The summed E-state index contributed by atoms with van der Waals surface area (Å²) >= 11 is 0. The summed E-state index contributed by atoms with van der Waals surface area (Å²) in [6.45, 7) is 8.13. The summed E-state index contributed by atoms with van der Waals surface area (Å²) in [5.74, 6) is 0.280. The summed E-state index contributed by atoms with van der Waals surface area (Å²) in [6.07, 6.45) is 0.850. The van der Waals surface area contributed by atoms with Crippen molar-refractivity contribution in [1.29, 1.82) is 5.26 Å². The molecule has 18 heavy (non-hydrogen) atoms. The van der Waals surface area contributed by atoms with Crippen LogP contribution < -0.4 is 0 Å². The molecule has 0 N–H and O–H groups in total. The zero-order valence-corrected chi connectivity index (χ0v) is 11.2. The molecular weight excluding hydrogens is 230 g/mol. The highest BCUT2D eigenvalue weighted by Crippen LogP contribution is 2.19. The number of carbonyl (C=O) groups excluding carboxylic acids is 1. The van der Waals surface area contributed by atoms with E-state index in [2.05, 4.69) is 11.0 Å². The Labute approximate surface area is 108 Å². The van der Waals surface area contributed by atoms with Crippen LogP contribution in [-0.2, 0) is 9.53 Å². The van der Waals surface area contributed by atoms with Gasteiger partial charge in [0.15, 0.2) is 0 Å². The Bertz CT molecular complexity index is 348. The maximum Gasteiger partial charge on any atom is 0.228 e. The van der Waals surface area contributed by atoms with E-state index in [-0.39, 0.29) is 11.8 Å². The summed E-state index contributed by atoms with van der Waals surface area (Å²) in [4.78, 5) is 16.2. The Morgan fingerprint density at radius 2 is 2.00 bits per heavy atom. The van der Waals surface area contributed by atoms with Crippen molar-refractivity contribution in [3.05, 3.63) is 0 Å². The lowest BCUT2D eigenvalue weighted by atomic mass is 10.0. The minimum Gasteiger partial charge on any atom is -0.381 e. The fourth-order valence-corrected chi connectivity index (χ4v) is 2.54. The third-order valence-corrected chi connectivity index (χ3v) is 3.93. The molecular formula is C13H21N3O2. The van der Waals surface area contributed by atoms with Crippen LogP contribution in [-0.4, -0.2) is 60.6 Å². The molecule has 2 heterocycles.